The predicted octanol–water partition coefficient (Wildman–Crippen LogP) is 3.81. The van der Waals surface area contributed by atoms with Crippen molar-refractivity contribution in [2.24, 2.45) is 5.92 Å². The van der Waals surface area contributed by atoms with Gasteiger partial charge in [0.15, 0.2) is 0 Å². The van der Waals surface area contributed by atoms with Crippen LogP contribution in [-0.4, -0.2) is 16.3 Å². The lowest BCUT2D eigenvalue weighted by Gasteiger charge is -2.20. The quantitative estimate of drug-likeness (QED) is 0.786. The van der Waals surface area contributed by atoms with E-state index >= 15 is 0 Å². The zero-order valence-corrected chi connectivity index (χ0v) is 10.8. The first-order valence-electron chi connectivity index (χ1n) is 5.73. The van der Waals surface area contributed by atoms with Crippen molar-refractivity contribution in [1.82, 2.24) is 0 Å². The second-order valence-electron chi connectivity index (χ2n) is 3.91. The molecule has 0 aliphatic heterocycles. The van der Waals surface area contributed by atoms with E-state index in [1.54, 1.807) is 12.1 Å². The first-order valence-corrected chi connectivity index (χ1v) is 6.61. The largest absolute Gasteiger partial charge is 0.480 e. The van der Waals surface area contributed by atoms with Crippen LogP contribution in [0.3, 0.4) is 0 Å². The smallest absolute Gasteiger partial charge is 0.317 e. The minimum atomic E-state index is -0.798. The van der Waals surface area contributed by atoms with E-state index < -0.39 is 11.2 Å². The van der Waals surface area contributed by atoms with Gasteiger partial charge in [-0.25, -0.2) is 4.39 Å². The van der Waals surface area contributed by atoms with E-state index in [4.69, 9.17) is 0 Å². The molecule has 0 aliphatic rings. The van der Waals surface area contributed by atoms with Crippen LogP contribution in [0.5, 0.6) is 0 Å². The Hall–Kier alpha value is -1.03. The van der Waals surface area contributed by atoms with Crippen LogP contribution in [0.2, 0.25) is 0 Å². The monoisotopic (exact) mass is 256 g/mol. The number of benzene rings is 1. The molecule has 94 valence electrons. The van der Waals surface area contributed by atoms with Crippen LogP contribution in [0.15, 0.2) is 29.2 Å². The predicted molar refractivity (Wildman–Crippen MR) is 67.8 cm³/mol. The van der Waals surface area contributed by atoms with Crippen LogP contribution in [0, 0.1) is 11.7 Å². The average Bonchev–Trinajstić information content (AvgIpc) is 2.31. The molecule has 0 amide bonds. The lowest BCUT2D eigenvalue weighted by molar-refractivity contribution is -0.137. The summed E-state index contributed by atoms with van der Waals surface area (Å²) in [7, 11) is 0. The zero-order chi connectivity index (χ0) is 12.8. The highest BCUT2D eigenvalue weighted by Gasteiger charge is 2.26. The van der Waals surface area contributed by atoms with E-state index in [-0.39, 0.29) is 11.7 Å². The summed E-state index contributed by atoms with van der Waals surface area (Å²) in [5, 5.41) is 8.76. The number of carbonyl (C=O) groups is 1. The summed E-state index contributed by atoms with van der Waals surface area (Å²) in [6.45, 7) is 3.99. The Kier molecular flexibility index (Phi) is 5.48. The third-order valence-electron chi connectivity index (χ3n) is 2.80. The highest BCUT2D eigenvalue weighted by Crippen LogP contribution is 2.31. The zero-order valence-electron chi connectivity index (χ0n) is 10.0. The normalized spacial score (nSPS) is 12.7. The van der Waals surface area contributed by atoms with Gasteiger partial charge in [-0.3, -0.25) is 4.79 Å². The van der Waals surface area contributed by atoms with Gasteiger partial charge in [0.1, 0.15) is 11.1 Å². The third kappa shape index (κ3) is 4.04. The fourth-order valence-electron chi connectivity index (χ4n) is 1.72. The number of hydrogen-bond donors (Lipinski definition) is 1. The molecule has 0 bridgehead atoms. The van der Waals surface area contributed by atoms with Crippen LogP contribution in [0.25, 0.3) is 0 Å². The van der Waals surface area contributed by atoms with E-state index in [0.29, 0.717) is 0 Å². The van der Waals surface area contributed by atoms with Crippen molar-refractivity contribution in [1.29, 1.82) is 0 Å². The first-order chi connectivity index (χ1) is 8.08. The van der Waals surface area contributed by atoms with Gasteiger partial charge in [-0.05, 0) is 30.2 Å². The average molecular weight is 256 g/mol. The van der Waals surface area contributed by atoms with Gasteiger partial charge in [0.2, 0.25) is 0 Å². The summed E-state index contributed by atoms with van der Waals surface area (Å²) in [6.07, 6.45) is 1.67. The molecule has 1 rings (SSSR count). The van der Waals surface area contributed by atoms with Crippen molar-refractivity contribution < 1.29 is 14.3 Å². The maximum atomic E-state index is 12.7. The van der Waals surface area contributed by atoms with Crippen molar-refractivity contribution in [2.75, 3.05) is 0 Å². The van der Waals surface area contributed by atoms with Crippen molar-refractivity contribution in [2.45, 2.75) is 36.8 Å². The van der Waals surface area contributed by atoms with Gasteiger partial charge in [-0.1, -0.05) is 26.7 Å². The standard InChI is InChI=1S/C13H17FO2S/c1-3-9(4-2)12(13(15)16)17-11-7-5-10(14)6-8-11/h5-9,12H,3-4H2,1-2H3,(H,15,16). The molecule has 0 saturated heterocycles. The summed E-state index contributed by atoms with van der Waals surface area (Å²) in [6, 6.07) is 5.96. The molecule has 1 atom stereocenters. The Morgan fingerprint density at radius 1 is 1.29 bits per heavy atom. The molecule has 0 radical (unpaired) electrons. The van der Waals surface area contributed by atoms with Crippen molar-refractivity contribution in [3.8, 4) is 0 Å². The topological polar surface area (TPSA) is 37.3 Å². The van der Waals surface area contributed by atoms with Gasteiger partial charge >= 0.3 is 5.97 Å². The molecule has 0 spiro atoms. The Morgan fingerprint density at radius 2 is 1.82 bits per heavy atom. The number of carboxylic acids is 1. The Balaban J connectivity index is 2.79. The van der Waals surface area contributed by atoms with Crippen molar-refractivity contribution >= 4 is 17.7 Å². The first kappa shape index (κ1) is 14.0. The van der Waals surface area contributed by atoms with E-state index in [9.17, 15) is 14.3 Å². The Bertz CT molecular complexity index is 360. The molecule has 0 aromatic heterocycles. The molecule has 0 heterocycles. The lowest BCUT2D eigenvalue weighted by Crippen LogP contribution is -2.25. The molecule has 1 aromatic carbocycles. The van der Waals surface area contributed by atoms with Crippen LogP contribution in [0.1, 0.15) is 26.7 Å². The third-order valence-corrected chi connectivity index (χ3v) is 4.18. The minimum Gasteiger partial charge on any atom is -0.480 e. The number of thioether (sulfide) groups is 1. The van der Waals surface area contributed by atoms with Crippen LogP contribution >= 0.6 is 11.8 Å². The fraction of sp³-hybridized carbons (Fsp3) is 0.462. The molecular formula is C13H17FO2S. The molecule has 0 aliphatic carbocycles. The maximum absolute atomic E-state index is 12.7. The summed E-state index contributed by atoms with van der Waals surface area (Å²) < 4.78 is 12.7. The van der Waals surface area contributed by atoms with Gasteiger partial charge in [-0.15, -0.1) is 11.8 Å². The summed E-state index contributed by atoms with van der Waals surface area (Å²) in [5.41, 5.74) is 0. The van der Waals surface area contributed by atoms with Crippen molar-refractivity contribution in [3.63, 3.8) is 0 Å². The number of aliphatic carboxylic acids is 1. The molecule has 1 N–H and O–H groups in total. The SMILES string of the molecule is CCC(CC)C(Sc1ccc(F)cc1)C(=O)O. The molecule has 0 saturated carbocycles. The number of carboxylic acid groups (broad SMARTS) is 1. The summed E-state index contributed by atoms with van der Waals surface area (Å²) in [5.74, 6) is -0.959. The van der Waals surface area contributed by atoms with Gasteiger partial charge in [-0.2, -0.15) is 0 Å². The number of rotatable bonds is 6. The van der Waals surface area contributed by atoms with E-state index in [2.05, 4.69) is 0 Å². The van der Waals surface area contributed by atoms with E-state index in [0.717, 1.165) is 17.7 Å². The van der Waals surface area contributed by atoms with Crippen LogP contribution in [0.4, 0.5) is 4.39 Å². The van der Waals surface area contributed by atoms with E-state index in [1.807, 2.05) is 13.8 Å². The van der Waals surface area contributed by atoms with Crippen LogP contribution in [-0.2, 0) is 4.79 Å². The summed E-state index contributed by atoms with van der Waals surface area (Å²) in [4.78, 5) is 12.0. The molecule has 0 fully saturated rings. The molecule has 17 heavy (non-hydrogen) atoms. The Morgan fingerprint density at radius 3 is 2.24 bits per heavy atom. The van der Waals surface area contributed by atoms with Gasteiger partial charge in [0.05, 0.1) is 0 Å². The fourth-order valence-corrected chi connectivity index (χ4v) is 2.99. The van der Waals surface area contributed by atoms with Gasteiger partial charge in [0, 0.05) is 4.90 Å². The molecule has 4 heteroatoms. The van der Waals surface area contributed by atoms with Crippen LogP contribution < -0.4 is 0 Å². The Labute approximate surface area is 105 Å². The molecule has 1 aromatic rings. The maximum Gasteiger partial charge on any atom is 0.317 e. The van der Waals surface area contributed by atoms with Gasteiger partial charge < -0.3 is 5.11 Å². The number of hydrogen-bond acceptors (Lipinski definition) is 2. The second kappa shape index (κ2) is 6.64. The lowest BCUT2D eigenvalue weighted by atomic mass is 9.99. The van der Waals surface area contributed by atoms with Gasteiger partial charge in [0.25, 0.3) is 0 Å². The highest BCUT2D eigenvalue weighted by molar-refractivity contribution is 8.00. The minimum absolute atomic E-state index is 0.141. The molecule has 1 unspecified atom stereocenters. The van der Waals surface area contributed by atoms with E-state index in [1.165, 1.54) is 23.9 Å². The second-order valence-corrected chi connectivity index (χ2v) is 5.12. The highest BCUT2D eigenvalue weighted by atomic mass is 32.2. The molecular weight excluding hydrogens is 239 g/mol. The molecule has 2 nitrogen and oxygen atoms in total. The van der Waals surface area contributed by atoms with Crippen molar-refractivity contribution in [3.05, 3.63) is 30.1 Å². The summed E-state index contributed by atoms with van der Waals surface area (Å²) >= 11 is 1.30. The number of halogens is 1.